The maximum atomic E-state index is 7.75. The zero-order valence-electron chi connectivity index (χ0n) is 8.33. The zero-order valence-corrected chi connectivity index (χ0v) is 10.9. The van der Waals surface area contributed by atoms with E-state index in [2.05, 4.69) is 33.7 Å². The van der Waals surface area contributed by atoms with Gasteiger partial charge >= 0.3 is 27.0 Å². The van der Waals surface area contributed by atoms with Crippen molar-refractivity contribution in [2.75, 3.05) is 6.54 Å². The molecule has 3 nitrogen and oxygen atoms in total. The number of carbonyl (C=O) groups excluding carboxylic acids is 1. The summed E-state index contributed by atoms with van der Waals surface area (Å²) >= 11 is 1.62. The summed E-state index contributed by atoms with van der Waals surface area (Å²) in [6, 6.07) is 5.93. The monoisotopic (exact) mass is 316 g/mol. The maximum absolute atomic E-state index is 7.75. The Morgan fingerprint density at radius 3 is 2.60 bits per heavy atom. The Balaban J connectivity index is 0. The van der Waals surface area contributed by atoms with Crippen LogP contribution in [0.3, 0.4) is 0 Å². The standard InChI is InChI=1S/C9H13N2.CHO.ClH.Ru.H/c1-2-6-10-8-9-5-3-4-7-11-9;1-2;;;/h3-5,7,10H,1-2,6,8H2;1H;1H;;/q2*-1;;+1;/p-1. The Morgan fingerprint density at radius 2 is 2.13 bits per heavy atom. The molecule has 0 radical (unpaired) electrons. The second-order valence-electron chi connectivity index (χ2n) is 2.35. The van der Waals surface area contributed by atoms with E-state index in [1.165, 1.54) is 0 Å². The molecule has 0 saturated carbocycles. The molecular formula is C10H15ClN2ORu-2. The third-order valence-electron chi connectivity index (χ3n) is 1.39. The molecule has 1 rings (SSSR count). The van der Waals surface area contributed by atoms with Gasteiger partial charge in [-0.3, -0.25) is 11.8 Å². The molecule has 1 N–H and O–H groups in total. The van der Waals surface area contributed by atoms with Crippen LogP contribution < -0.4 is 5.32 Å². The van der Waals surface area contributed by atoms with E-state index in [4.69, 9.17) is 4.79 Å². The van der Waals surface area contributed by atoms with Crippen molar-refractivity contribution in [2.24, 2.45) is 0 Å². The van der Waals surface area contributed by atoms with Gasteiger partial charge in [0.25, 0.3) is 0 Å². The Kier molecular flexibility index (Phi) is 18.4. The van der Waals surface area contributed by atoms with Crippen molar-refractivity contribution >= 4 is 16.5 Å². The van der Waals surface area contributed by atoms with Crippen molar-refractivity contribution in [3.8, 4) is 0 Å². The molecule has 0 unspecified atom stereocenters. The number of rotatable bonds is 4. The van der Waals surface area contributed by atoms with Crippen molar-refractivity contribution in [3.63, 3.8) is 0 Å². The topological polar surface area (TPSA) is 42.0 Å². The normalized spacial score (nSPS) is 8.00. The summed E-state index contributed by atoms with van der Waals surface area (Å²) in [4.78, 5) is 11.9. The quantitative estimate of drug-likeness (QED) is 0.397. The van der Waals surface area contributed by atoms with E-state index >= 15 is 0 Å². The summed E-state index contributed by atoms with van der Waals surface area (Å²) in [6.07, 6.45) is 2.73. The minimum absolute atomic E-state index is 0.844. The fourth-order valence-electron chi connectivity index (χ4n) is 0.844. The predicted octanol–water partition coefficient (Wildman–Crippen LogP) is 1.54. The van der Waals surface area contributed by atoms with Crippen molar-refractivity contribution in [2.45, 2.75) is 13.0 Å². The summed E-state index contributed by atoms with van der Waals surface area (Å²) in [6.45, 7) is 8.78. The Bertz CT molecular complexity index is 212. The molecule has 0 aliphatic rings. The van der Waals surface area contributed by atoms with Gasteiger partial charge in [-0.05, 0) is 18.7 Å². The van der Waals surface area contributed by atoms with Crippen LogP contribution in [0.5, 0.6) is 0 Å². The van der Waals surface area contributed by atoms with Gasteiger partial charge in [-0.25, -0.2) is 0 Å². The average Bonchev–Trinajstić information content (AvgIpc) is 2.36. The molecule has 15 heavy (non-hydrogen) atoms. The van der Waals surface area contributed by atoms with Gasteiger partial charge in [0.2, 0.25) is 0 Å². The molecule has 0 saturated heterocycles. The number of hydrogen-bond donors (Lipinski definition) is 1. The second kappa shape index (κ2) is 16.1. The van der Waals surface area contributed by atoms with Crippen LogP contribution in [0.2, 0.25) is 0 Å². The van der Waals surface area contributed by atoms with Gasteiger partial charge in [0, 0.05) is 12.7 Å². The van der Waals surface area contributed by atoms with Gasteiger partial charge in [-0.1, -0.05) is 6.07 Å². The molecule has 88 valence electrons. The SMILES string of the molecule is [CH-]=O.[CH2-]CCNCc1ccccn1.[Cl][RuH]. The second-order valence-corrected chi connectivity index (χ2v) is 2.35. The first-order chi connectivity index (χ1) is 7.43. The molecule has 0 aliphatic carbocycles. The first kappa shape index (κ1) is 17.1. The fourth-order valence-corrected chi connectivity index (χ4v) is 0.844. The van der Waals surface area contributed by atoms with Crippen LogP contribution in [0.15, 0.2) is 24.4 Å². The number of hydrogen-bond acceptors (Lipinski definition) is 3. The number of halogens is 1. The third-order valence-corrected chi connectivity index (χ3v) is 1.39. The van der Waals surface area contributed by atoms with E-state index in [1.807, 2.05) is 18.2 Å². The van der Waals surface area contributed by atoms with Gasteiger partial charge in [-0.2, -0.15) is 6.42 Å². The van der Waals surface area contributed by atoms with Gasteiger partial charge in [-0.15, -0.1) is 0 Å². The molecule has 0 spiro atoms. The van der Waals surface area contributed by atoms with E-state index in [9.17, 15) is 0 Å². The Labute approximate surface area is 105 Å². The fraction of sp³-hybridized carbons (Fsp3) is 0.300. The molecule has 1 aromatic rings. The molecule has 0 aliphatic heterocycles. The van der Waals surface area contributed by atoms with Crippen LogP contribution >= 0.6 is 9.69 Å². The summed E-state index contributed by atoms with van der Waals surface area (Å²) in [5, 5.41) is 3.23. The molecule has 0 atom stereocenters. The van der Waals surface area contributed by atoms with E-state index in [0.717, 1.165) is 25.2 Å². The molecule has 0 bridgehead atoms. The Morgan fingerprint density at radius 1 is 1.47 bits per heavy atom. The molecule has 0 fully saturated rings. The van der Waals surface area contributed by atoms with Crippen molar-refractivity contribution in [1.29, 1.82) is 0 Å². The van der Waals surface area contributed by atoms with Gasteiger partial charge in [0.15, 0.2) is 0 Å². The third kappa shape index (κ3) is 11.6. The summed E-state index contributed by atoms with van der Waals surface area (Å²) in [5.74, 6) is 0. The zero-order chi connectivity index (χ0) is 11.9. The van der Waals surface area contributed by atoms with Crippen LogP contribution in [-0.2, 0) is 28.7 Å². The van der Waals surface area contributed by atoms with Crippen molar-refractivity contribution in [3.05, 3.63) is 37.0 Å². The van der Waals surface area contributed by atoms with Crippen LogP contribution in [0.25, 0.3) is 0 Å². The van der Waals surface area contributed by atoms with Crippen LogP contribution in [0.4, 0.5) is 0 Å². The first-order valence-corrected chi connectivity index (χ1v) is 6.60. The van der Waals surface area contributed by atoms with Crippen molar-refractivity contribution < 1.29 is 22.1 Å². The molecule has 1 aromatic heterocycles. The average molecular weight is 316 g/mol. The molecule has 0 aromatic carbocycles. The predicted molar refractivity (Wildman–Crippen MR) is 59.9 cm³/mol. The number of nitrogens with one attached hydrogen (secondary N) is 1. The summed E-state index contributed by atoms with van der Waals surface area (Å²) in [7, 11) is 4.61. The van der Waals surface area contributed by atoms with Crippen LogP contribution in [-0.4, -0.2) is 18.3 Å². The van der Waals surface area contributed by atoms with E-state index in [1.54, 1.807) is 23.5 Å². The van der Waals surface area contributed by atoms with E-state index < -0.39 is 0 Å². The molecular weight excluding hydrogens is 301 g/mol. The summed E-state index contributed by atoms with van der Waals surface area (Å²) < 4.78 is 0. The molecule has 5 heteroatoms. The van der Waals surface area contributed by atoms with E-state index in [-0.39, 0.29) is 0 Å². The van der Waals surface area contributed by atoms with Crippen LogP contribution in [0, 0.1) is 6.92 Å². The Hall–Kier alpha value is -0.307. The van der Waals surface area contributed by atoms with Crippen LogP contribution in [0.1, 0.15) is 12.1 Å². The van der Waals surface area contributed by atoms with Gasteiger partial charge in [0.05, 0.1) is 5.69 Å². The number of pyridine rings is 1. The molecule has 0 amide bonds. The van der Waals surface area contributed by atoms with Crippen molar-refractivity contribution in [1.82, 2.24) is 10.3 Å². The minimum atomic E-state index is 0.844. The van der Waals surface area contributed by atoms with Gasteiger partial charge < -0.3 is 17.0 Å². The molecule has 1 heterocycles. The first-order valence-electron chi connectivity index (χ1n) is 4.21. The van der Waals surface area contributed by atoms with Gasteiger partial charge in [0.1, 0.15) is 0 Å². The number of aromatic nitrogens is 1. The van der Waals surface area contributed by atoms with E-state index in [0.29, 0.717) is 0 Å². The number of nitrogens with zero attached hydrogens (tertiary/aromatic N) is 1. The summed E-state index contributed by atoms with van der Waals surface area (Å²) in [5.41, 5.74) is 1.08.